The summed E-state index contributed by atoms with van der Waals surface area (Å²) in [6.07, 6.45) is 2.33. The minimum Gasteiger partial charge on any atom is -0.481 e. The van der Waals surface area contributed by atoms with E-state index in [2.05, 4.69) is 6.92 Å². The molecule has 3 unspecified atom stereocenters. The van der Waals surface area contributed by atoms with E-state index in [0.29, 0.717) is 12.3 Å². The molecule has 1 aromatic rings. The molecule has 0 aromatic carbocycles. The van der Waals surface area contributed by atoms with Gasteiger partial charge < -0.3 is 5.11 Å². The van der Waals surface area contributed by atoms with E-state index in [1.165, 1.54) is 11.3 Å². The molecule has 0 amide bonds. The number of hydrogen-bond donors (Lipinski definition) is 1. The van der Waals surface area contributed by atoms with Crippen molar-refractivity contribution in [2.45, 2.75) is 33.1 Å². The normalized spacial score (nSPS) is 27.3. The van der Waals surface area contributed by atoms with Gasteiger partial charge in [0, 0.05) is 5.92 Å². The molecule has 4 heteroatoms. The molecule has 18 heavy (non-hydrogen) atoms. The number of carbonyl (C=O) groups is 2. The molecule has 1 N–H and O–H groups in total. The lowest BCUT2D eigenvalue weighted by atomic mass is 9.90. The van der Waals surface area contributed by atoms with Gasteiger partial charge in [0.25, 0.3) is 0 Å². The highest BCUT2D eigenvalue weighted by Crippen LogP contribution is 2.41. The molecule has 98 valence electrons. The van der Waals surface area contributed by atoms with Crippen LogP contribution < -0.4 is 0 Å². The molecule has 0 spiro atoms. The quantitative estimate of drug-likeness (QED) is 0.850. The highest BCUT2D eigenvalue weighted by Gasteiger charge is 2.42. The lowest BCUT2D eigenvalue weighted by molar-refractivity contribution is -0.142. The molecule has 0 radical (unpaired) electrons. The average Bonchev–Trinajstić information content (AvgIpc) is 2.93. The van der Waals surface area contributed by atoms with Crippen molar-refractivity contribution in [1.82, 2.24) is 0 Å². The van der Waals surface area contributed by atoms with E-state index in [0.717, 1.165) is 23.3 Å². The Kier molecular flexibility index (Phi) is 3.85. The van der Waals surface area contributed by atoms with Gasteiger partial charge in [0.15, 0.2) is 5.78 Å². The SMILES string of the molecule is CCC1CC(C(=O)O)C(C(=O)c2sccc2C)C1. The molecular formula is C14H18O3S. The minimum atomic E-state index is -0.821. The summed E-state index contributed by atoms with van der Waals surface area (Å²) in [4.78, 5) is 24.5. The van der Waals surface area contributed by atoms with Gasteiger partial charge in [0.1, 0.15) is 0 Å². The van der Waals surface area contributed by atoms with Crippen molar-refractivity contribution >= 4 is 23.1 Å². The monoisotopic (exact) mass is 266 g/mol. The summed E-state index contributed by atoms with van der Waals surface area (Å²) in [5.74, 6) is -1.24. The number of aryl methyl sites for hydroxylation is 1. The Morgan fingerprint density at radius 3 is 2.56 bits per heavy atom. The minimum absolute atomic E-state index is 0.0332. The van der Waals surface area contributed by atoms with Crippen molar-refractivity contribution in [3.8, 4) is 0 Å². The van der Waals surface area contributed by atoms with Crippen LogP contribution in [0.1, 0.15) is 41.4 Å². The molecule has 1 fully saturated rings. The van der Waals surface area contributed by atoms with Crippen molar-refractivity contribution in [1.29, 1.82) is 0 Å². The van der Waals surface area contributed by atoms with Gasteiger partial charge >= 0.3 is 5.97 Å². The maximum absolute atomic E-state index is 12.5. The number of rotatable bonds is 4. The van der Waals surface area contributed by atoms with Crippen LogP contribution >= 0.6 is 11.3 Å². The molecule has 1 aliphatic carbocycles. The van der Waals surface area contributed by atoms with Crippen LogP contribution in [0, 0.1) is 24.7 Å². The second-order valence-electron chi connectivity index (χ2n) is 5.09. The second kappa shape index (κ2) is 5.22. The van der Waals surface area contributed by atoms with E-state index in [9.17, 15) is 14.7 Å². The number of ketones is 1. The largest absolute Gasteiger partial charge is 0.481 e. The number of thiophene rings is 1. The Morgan fingerprint density at radius 1 is 1.39 bits per heavy atom. The van der Waals surface area contributed by atoms with Crippen LogP contribution in [-0.4, -0.2) is 16.9 Å². The second-order valence-corrected chi connectivity index (χ2v) is 6.01. The van der Waals surface area contributed by atoms with E-state index in [-0.39, 0.29) is 11.7 Å². The standard InChI is InChI=1S/C14H18O3S/c1-3-9-6-10(11(7-9)14(16)17)12(15)13-8(2)4-5-18-13/h4-5,9-11H,3,6-7H2,1-2H3,(H,16,17). The fraction of sp³-hybridized carbons (Fsp3) is 0.571. The Balaban J connectivity index is 2.23. The van der Waals surface area contributed by atoms with Crippen molar-refractivity contribution in [3.05, 3.63) is 21.9 Å². The zero-order valence-electron chi connectivity index (χ0n) is 10.7. The number of carboxylic acids is 1. The summed E-state index contributed by atoms with van der Waals surface area (Å²) in [7, 11) is 0. The fourth-order valence-corrected chi connectivity index (χ4v) is 3.76. The summed E-state index contributed by atoms with van der Waals surface area (Å²) >= 11 is 1.42. The fourth-order valence-electron chi connectivity index (χ4n) is 2.83. The van der Waals surface area contributed by atoms with Gasteiger partial charge in [-0.15, -0.1) is 11.3 Å². The van der Waals surface area contributed by atoms with Crippen molar-refractivity contribution in [2.75, 3.05) is 0 Å². The maximum Gasteiger partial charge on any atom is 0.307 e. The van der Waals surface area contributed by atoms with E-state index in [1.54, 1.807) is 0 Å². The third-order valence-electron chi connectivity index (χ3n) is 3.98. The first kappa shape index (κ1) is 13.3. The molecular weight excluding hydrogens is 248 g/mol. The van der Waals surface area contributed by atoms with E-state index < -0.39 is 11.9 Å². The van der Waals surface area contributed by atoms with E-state index >= 15 is 0 Å². The van der Waals surface area contributed by atoms with Crippen LogP contribution in [0.15, 0.2) is 11.4 Å². The summed E-state index contributed by atoms with van der Waals surface area (Å²) in [5.41, 5.74) is 0.967. The van der Waals surface area contributed by atoms with E-state index in [4.69, 9.17) is 0 Å². The van der Waals surface area contributed by atoms with Crippen LogP contribution in [0.5, 0.6) is 0 Å². The first-order chi connectivity index (χ1) is 8.54. The van der Waals surface area contributed by atoms with Crippen molar-refractivity contribution < 1.29 is 14.7 Å². The molecule has 0 aliphatic heterocycles. The lowest BCUT2D eigenvalue weighted by Crippen LogP contribution is -2.25. The van der Waals surface area contributed by atoms with E-state index in [1.807, 2.05) is 18.4 Å². The molecule has 1 aliphatic rings. The van der Waals surface area contributed by atoms with Gasteiger partial charge in [-0.1, -0.05) is 13.3 Å². The van der Waals surface area contributed by atoms with Crippen molar-refractivity contribution in [2.24, 2.45) is 17.8 Å². The van der Waals surface area contributed by atoms with Crippen molar-refractivity contribution in [3.63, 3.8) is 0 Å². The molecule has 1 saturated carbocycles. The number of carbonyl (C=O) groups excluding carboxylic acids is 1. The van der Waals surface area contributed by atoms with Crippen LogP contribution in [0.4, 0.5) is 0 Å². The summed E-state index contributed by atoms with van der Waals surface area (Å²) < 4.78 is 0. The van der Waals surface area contributed by atoms with Crippen LogP contribution in [-0.2, 0) is 4.79 Å². The predicted octanol–water partition coefficient (Wildman–Crippen LogP) is 3.38. The smallest absolute Gasteiger partial charge is 0.307 e. The predicted molar refractivity (Wildman–Crippen MR) is 71.0 cm³/mol. The number of Topliss-reactive ketones (excluding diaryl/α,β-unsaturated/α-hetero) is 1. The van der Waals surface area contributed by atoms with Gasteiger partial charge in [-0.25, -0.2) is 0 Å². The van der Waals surface area contributed by atoms with Crippen LogP contribution in [0.3, 0.4) is 0 Å². The molecule has 1 heterocycles. The van der Waals surface area contributed by atoms with Gasteiger partial charge in [-0.05, 0) is 42.7 Å². The Hall–Kier alpha value is -1.16. The maximum atomic E-state index is 12.5. The third kappa shape index (κ3) is 2.34. The highest BCUT2D eigenvalue weighted by molar-refractivity contribution is 7.12. The first-order valence-corrected chi connectivity index (χ1v) is 7.23. The molecule has 2 rings (SSSR count). The highest BCUT2D eigenvalue weighted by atomic mass is 32.1. The molecule has 3 atom stereocenters. The molecule has 0 bridgehead atoms. The third-order valence-corrected chi connectivity index (χ3v) is 5.01. The molecule has 3 nitrogen and oxygen atoms in total. The van der Waals surface area contributed by atoms with Gasteiger partial charge in [-0.2, -0.15) is 0 Å². The summed E-state index contributed by atoms with van der Waals surface area (Å²) in [6, 6.07) is 1.92. The Morgan fingerprint density at radius 2 is 2.06 bits per heavy atom. The van der Waals surface area contributed by atoms with Gasteiger partial charge in [0.05, 0.1) is 10.8 Å². The van der Waals surface area contributed by atoms with Gasteiger partial charge in [-0.3, -0.25) is 9.59 Å². The van der Waals surface area contributed by atoms with Gasteiger partial charge in [0.2, 0.25) is 0 Å². The molecule has 1 aromatic heterocycles. The number of aliphatic carboxylic acids is 1. The zero-order chi connectivity index (χ0) is 13.3. The lowest BCUT2D eigenvalue weighted by Gasteiger charge is -2.13. The molecule has 0 saturated heterocycles. The summed E-state index contributed by atoms with van der Waals surface area (Å²) in [5, 5.41) is 11.2. The zero-order valence-corrected chi connectivity index (χ0v) is 11.5. The topological polar surface area (TPSA) is 54.4 Å². The van der Waals surface area contributed by atoms with Crippen LogP contribution in [0.2, 0.25) is 0 Å². The van der Waals surface area contributed by atoms with Crippen LogP contribution in [0.25, 0.3) is 0 Å². The average molecular weight is 266 g/mol. The first-order valence-electron chi connectivity index (χ1n) is 6.35. The summed E-state index contributed by atoms with van der Waals surface area (Å²) in [6.45, 7) is 3.97. The number of hydrogen-bond acceptors (Lipinski definition) is 3. The number of carboxylic acid groups (broad SMARTS) is 1. The Labute approximate surface area is 111 Å². The Bertz CT molecular complexity index is 463.